The van der Waals surface area contributed by atoms with Crippen LogP contribution in [0.1, 0.15) is 11.1 Å². The Morgan fingerprint density at radius 1 is 0.656 bits per heavy atom. The fourth-order valence-electron chi connectivity index (χ4n) is 3.61. The minimum atomic E-state index is -0.322. The third-order valence-electron chi connectivity index (χ3n) is 5.24. The van der Waals surface area contributed by atoms with Crippen molar-refractivity contribution in [3.8, 4) is 0 Å². The number of nitrogens with zero attached hydrogens (tertiary/aromatic N) is 4. The molecule has 8 heteroatoms. The molecular formula is C24H20F2N6. The van der Waals surface area contributed by atoms with E-state index in [1.807, 2.05) is 12.1 Å². The van der Waals surface area contributed by atoms with E-state index in [0.29, 0.717) is 35.8 Å². The highest BCUT2D eigenvalue weighted by Crippen LogP contribution is 2.25. The van der Waals surface area contributed by atoms with E-state index in [2.05, 4.69) is 42.6 Å². The predicted octanol–water partition coefficient (Wildman–Crippen LogP) is 5.20. The van der Waals surface area contributed by atoms with Gasteiger partial charge < -0.3 is 15.5 Å². The van der Waals surface area contributed by atoms with Crippen LogP contribution in [-0.4, -0.2) is 21.5 Å². The first-order chi connectivity index (χ1) is 15.6. The number of rotatable bonds is 5. The first kappa shape index (κ1) is 19.9. The van der Waals surface area contributed by atoms with Gasteiger partial charge in [-0.3, -0.25) is 0 Å². The molecule has 0 fully saturated rings. The molecule has 5 rings (SSSR count). The average molecular weight is 430 g/mol. The smallest absolute Gasteiger partial charge is 0.233 e. The first-order valence-electron chi connectivity index (χ1n) is 10.3. The van der Waals surface area contributed by atoms with Crippen molar-refractivity contribution in [1.29, 1.82) is 0 Å². The molecule has 4 aromatic rings. The van der Waals surface area contributed by atoms with Crippen LogP contribution in [0.25, 0.3) is 0 Å². The Balaban J connectivity index is 1.47. The fourth-order valence-corrected chi connectivity index (χ4v) is 3.61. The number of hydrogen-bond acceptors (Lipinski definition) is 6. The van der Waals surface area contributed by atoms with E-state index in [-0.39, 0.29) is 11.6 Å². The van der Waals surface area contributed by atoms with Gasteiger partial charge in [0.1, 0.15) is 11.6 Å². The topological polar surface area (TPSA) is 66.0 Å². The van der Waals surface area contributed by atoms with Gasteiger partial charge in [0, 0.05) is 24.5 Å². The Bertz CT molecular complexity index is 1160. The molecule has 0 amide bonds. The molecule has 0 bridgehead atoms. The van der Waals surface area contributed by atoms with Crippen LogP contribution < -0.4 is 15.5 Å². The molecule has 0 unspecified atom stereocenters. The minimum Gasteiger partial charge on any atom is -0.336 e. The molecule has 0 atom stereocenters. The van der Waals surface area contributed by atoms with Crippen molar-refractivity contribution in [1.82, 2.24) is 15.0 Å². The average Bonchev–Trinajstić information content (AvgIpc) is 2.82. The van der Waals surface area contributed by atoms with Gasteiger partial charge in [-0.15, -0.1) is 0 Å². The summed E-state index contributed by atoms with van der Waals surface area (Å²) in [6, 6.07) is 20.2. The first-order valence-corrected chi connectivity index (χ1v) is 10.3. The third kappa shape index (κ3) is 4.49. The molecule has 0 radical (unpaired) electrons. The zero-order valence-electron chi connectivity index (χ0n) is 17.1. The number of halogens is 2. The second-order valence-corrected chi connectivity index (χ2v) is 7.49. The standard InChI is InChI=1S/C24H20F2N6/c25-18-5-9-20(10-6-18)27-22-29-23(28-21-11-7-19(26)8-12-21)31-24(30-22)32-14-13-16-3-1-2-4-17(16)15-32/h1-12H,13-15H2,(H2,27,28,29,30,31). The quantitative estimate of drug-likeness (QED) is 0.454. The summed E-state index contributed by atoms with van der Waals surface area (Å²) >= 11 is 0. The molecule has 2 N–H and O–H groups in total. The second-order valence-electron chi connectivity index (χ2n) is 7.49. The summed E-state index contributed by atoms with van der Waals surface area (Å²) in [7, 11) is 0. The van der Waals surface area contributed by atoms with E-state index in [1.54, 1.807) is 24.3 Å². The van der Waals surface area contributed by atoms with Gasteiger partial charge in [-0.05, 0) is 66.1 Å². The number of anilines is 5. The summed E-state index contributed by atoms with van der Waals surface area (Å²) < 4.78 is 26.6. The summed E-state index contributed by atoms with van der Waals surface area (Å²) in [6.45, 7) is 1.46. The van der Waals surface area contributed by atoms with Gasteiger partial charge in [0.15, 0.2) is 0 Å². The van der Waals surface area contributed by atoms with Crippen LogP contribution in [0.2, 0.25) is 0 Å². The van der Waals surface area contributed by atoms with E-state index in [4.69, 9.17) is 0 Å². The van der Waals surface area contributed by atoms with Crippen molar-refractivity contribution in [3.05, 3.63) is 95.6 Å². The van der Waals surface area contributed by atoms with E-state index in [0.717, 1.165) is 13.0 Å². The molecule has 1 aromatic heterocycles. The van der Waals surface area contributed by atoms with Gasteiger partial charge in [-0.1, -0.05) is 24.3 Å². The highest BCUT2D eigenvalue weighted by atomic mass is 19.1. The highest BCUT2D eigenvalue weighted by Gasteiger charge is 2.20. The second kappa shape index (κ2) is 8.58. The van der Waals surface area contributed by atoms with Gasteiger partial charge in [0.2, 0.25) is 17.8 Å². The molecule has 6 nitrogen and oxygen atoms in total. The van der Waals surface area contributed by atoms with Gasteiger partial charge in [-0.25, -0.2) is 8.78 Å². The maximum atomic E-state index is 13.3. The molecule has 0 aliphatic carbocycles. The van der Waals surface area contributed by atoms with Crippen molar-refractivity contribution >= 4 is 29.2 Å². The monoisotopic (exact) mass is 430 g/mol. The molecular weight excluding hydrogens is 410 g/mol. The number of benzene rings is 3. The van der Waals surface area contributed by atoms with Crippen molar-refractivity contribution in [2.75, 3.05) is 22.1 Å². The summed E-state index contributed by atoms with van der Waals surface area (Å²) in [4.78, 5) is 15.7. The van der Waals surface area contributed by atoms with E-state index in [1.165, 1.54) is 35.4 Å². The predicted molar refractivity (Wildman–Crippen MR) is 120 cm³/mol. The van der Waals surface area contributed by atoms with Gasteiger partial charge in [0.25, 0.3) is 0 Å². The maximum Gasteiger partial charge on any atom is 0.233 e. The molecule has 160 valence electrons. The lowest BCUT2D eigenvalue weighted by Crippen LogP contribution is -2.32. The van der Waals surface area contributed by atoms with Crippen molar-refractivity contribution in [3.63, 3.8) is 0 Å². The third-order valence-corrected chi connectivity index (χ3v) is 5.24. The van der Waals surface area contributed by atoms with Crippen molar-refractivity contribution in [2.24, 2.45) is 0 Å². The van der Waals surface area contributed by atoms with Crippen LogP contribution in [0.4, 0.5) is 38.0 Å². The maximum absolute atomic E-state index is 13.3. The Kier molecular flexibility index (Phi) is 5.33. The number of fused-ring (bicyclic) bond motifs is 1. The van der Waals surface area contributed by atoms with Crippen LogP contribution in [0, 0.1) is 11.6 Å². The molecule has 0 saturated heterocycles. The summed E-state index contributed by atoms with van der Waals surface area (Å²) in [5.41, 5.74) is 3.87. The van der Waals surface area contributed by atoms with Crippen molar-refractivity contribution in [2.45, 2.75) is 13.0 Å². The molecule has 32 heavy (non-hydrogen) atoms. The van der Waals surface area contributed by atoms with E-state index >= 15 is 0 Å². The Morgan fingerprint density at radius 2 is 1.19 bits per heavy atom. The fraction of sp³-hybridized carbons (Fsp3) is 0.125. The van der Waals surface area contributed by atoms with E-state index in [9.17, 15) is 8.78 Å². The SMILES string of the molecule is Fc1ccc(Nc2nc(Nc3ccc(F)cc3)nc(N3CCc4ccccc4C3)n2)cc1. The number of hydrogen-bond donors (Lipinski definition) is 2. The van der Waals surface area contributed by atoms with Crippen LogP contribution in [0.15, 0.2) is 72.8 Å². The Hall–Kier alpha value is -4.07. The number of aromatic nitrogens is 3. The number of nitrogens with one attached hydrogen (secondary N) is 2. The minimum absolute atomic E-state index is 0.322. The van der Waals surface area contributed by atoms with Crippen molar-refractivity contribution < 1.29 is 8.78 Å². The summed E-state index contributed by atoms with van der Waals surface area (Å²) in [6.07, 6.45) is 0.892. The van der Waals surface area contributed by atoms with Crippen LogP contribution in [-0.2, 0) is 13.0 Å². The van der Waals surface area contributed by atoms with Gasteiger partial charge in [0.05, 0.1) is 0 Å². The lowest BCUT2D eigenvalue weighted by Gasteiger charge is -2.29. The molecule has 2 heterocycles. The molecule has 1 aliphatic rings. The van der Waals surface area contributed by atoms with Crippen LogP contribution in [0.5, 0.6) is 0 Å². The summed E-state index contributed by atoms with van der Waals surface area (Å²) in [5.74, 6) is 0.522. The molecule has 0 spiro atoms. The Labute approximate surface area is 184 Å². The lowest BCUT2D eigenvalue weighted by atomic mass is 10.0. The normalized spacial score (nSPS) is 12.9. The lowest BCUT2D eigenvalue weighted by molar-refractivity contribution is 0.627. The molecule has 1 aliphatic heterocycles. The van der Waals surface area contributed by atoms with Crippen LogP contribution >= 0.6 is 0 Å². The van der Waals surface area contributed by atoms with E-state index < -0.39 is 0 Å². The highest BCUT2D eigenvalue weighted by molar-refractivity contribution is 5.59. The Morgan fingerprint density at radius 3 is 1.75 bits per heavy atom. The zero-order valence-corrected chi connectivity index (χ0v) is 17.1. The molecule has 0 saturated carbocycles. The van der Waals surface area contributed by atoms with Gasteiger partial charge in [-0.2, -0.15) is 15.0 Å². The van der Waals surface area contributed by atoms with Gasteiger partial charge >= 0.3 is 0 Å². The summed E-state index contributed by atoms with van der Waals surface area (Å²) in [5, 5.41) is 6.22. The zero-order chi connectivity index (χ0) is 21.9. The molecule has 3 aromatic carbocycles. The van der Waals surface area contributed by atoms with Crippen LogP contribution in [0.3, 0.4) is 0 Å². The largest absolute Gasteiger partial charge is 0.336 e.